The van der Waals surface area contributed by atoms with Crippen LogP contribution in [0.4, 0.5) is 4.79 Å². The topological polar surface area (TPSA) is 70.1 Å². The van der Waals surface area contributed by atoms with Crippen molar-refractivity contribution in [2.24, 2.45) is 0 Å². The lowest BCUT2D eigenvalue weighted by atomic mass is 10.1. The summed E-state index contributed by atoms with van der Waals surface area (Å²) in [6.07, 6.45) is 0. The van der Waals surface area contributed by atoms with Crippen molar-refractivity contribution in [3.63, 3.8) is 0 Å². The first kappa shape index (κ1) is 15.8. The Balaban J connectivity index is 2.84. The van der Waals surface area contributed by atoms with Gasteiger partial charge in [0, 0.05) is 12.1 Å². The fourth-order valence-corrected chi connectivity index (χ4v) is 2.08. The highest BCUT2D eigenvalue weighted by atomic mass is 16.5. The van der Waals surface area contributed by atoms with Gasteiger partial charge in [0.05, 0.1) is 18.8 Å². The molecule has 1 rings (SSSR count). The van der Waals surface area contributed by atoms with Gasteiger partial charge in [-0.1, -0.05) is 0 Å². The van der Waals surface area contributed by atoms with Crippen LogP contribution in [0.3, 0.4) is 0 Å². The second kappa shape index (κ2) is 5.36. The third-order valence-corrected chi connectivity index (χ3v) is 3.03. The minimum absolute atomic E-state index is 0.244. The van der Waals surface area contributed by atoms with E-state index in [4.69, 9.17) is 9.84 Å². The molecule has 1 heterocycles. The van der Waals surface area contributed by atoms with Gasteiger partial charge in [-0.3, -0.25) is 4.79 Å². The first-order valence-electron chi connectivity index (χ1n) is 6.45. The van der Waals surface area contributed by atoms with E-state index in [9.17, 15) is 9.59 Å². The molecule has 0 aromatic rings. The van der Waals surface area contributed by atoms with Crippen LogP contribution < -0.4 is 0 Å². The lowest BCUT2D eigenvalue weighted by Gasteiger charge is -2.43. The number of hydrogen-bond donors (Lipinski definition) is 1. The van der Waals surface area contributed by atoms with Gasteiger partial charge in [-0.25, -0.2) is 4.79 Å². The summed E-state index contributed by atoms with van der Waals surface area (Å²) in [5.74, 6) is -1.00. The summed E-state index contributed by atoms with van der Waals surface area (Å²) in [5, 5.41) is 8.96. The summed E-state index contributed by atoms with van der Waals surface area (Å²) in [6, 6.07) is -0.244. The SMILES string of the molecule is CC1(C)CN(C(=O)N(CC(=O)O)C(C)(C)C)CCO1. The van der Waals surface area contributed by atoms with Crippen LogP contribution in [0.25, 0.3) is 0 Å². The first-order chi connectivity index (χ1) is 8.53. The number of carboxylic acids is 1. The van der Waals surface area contributed by atoms with Gasteiger partial charge < -0.3 is 19.6 Å². The maximum atomic E-state index is 12.5. The minimum atomic E-state index is -1.00. The number of hydrogen-bond acceptors (Lipinski definition) is 3. The molecule has 110 valence electrons. The van der Waals surface area contributed by atoms with Crippen LogP contribution in [0.1, 0.15) is 34.6 Å². The smallest absolute Gasteiger partial charge is 0.323 e. The fourth-order valence-electron chi connectivity index (χ4n) is 2.08. The van der Waals surface area contributed by atoms with E-state index in [1.54, 1.807) is 4.90 Å². The molecule has 1 aliphatic heterocycles. The van der Waals surface area contributed by atoms with Gasteiger partial charge in [0.15, 0.2) is 0 Å². The van der Waals surface area contributed by atoms with E-state index in [1.165, 1.54) is 4.90 Å². The number of carboxylic acid groups (broad SMARTS) is 1. The van der Waals surface area contributed by atoms with Crippen LogP contribution in [0, 0.1) is 0 Å². The van der Waals surface area contributed by atoms with Gasteiger partial charge in [-0.2, -0.15) is 0 Å². The molecule has 2 amide bonds. The number of ether oxygens (including phenoxy) is 1. The molecule has 1 aliphatic rings. The molecule has 0 atom stereocenters. The predicted molar refractivity (Wildman–Crippen MR) is 71.1 cm³/mol. The van der Waals surface area contributed by atoms with E-state index in [1.807, 2.05) is 34.6 Å². The number of rotatable bonds is 2. The molecule has 0 spiro atoms. The van der Waals surface area contributed by atoms with Crippen LogP contribution in [0.5, 0.6) is 0 Å². The van der Waals surface area contributed by atoms with Crippen molar-refractivity contribution in [2.45, 2.75) is 45.8 Å². The van der Waals surface area contributed by atoms with E-state index >= 15 is 0 Å². The zero-order valence-electron chi connectivity index (χ0n) is 12.4. The zero-order chi connectivity index (χ0) is 14.8. The summed E-state index contributed by atoms with van der Waals surface area (Å²) in [6.45, 7) is 10.5. The maximum absolute atomic E-state index is 12.5. The van der Waals surface area contributed by atoms with Gasteiger partial charge in [0.25, 0.3) is 0 Å². The van der Waals surface area contributed by atoms with Crippen molar-refractivity contribution in [1.82, 2.24) is 9.80 Å². The van der Waals surface area contributed by atoms with Crippen LogP contribution in [-0.2, 0) is 9.53 Å². The number of nitrogens with zero attached hydrogens (tertiary/aromatic N) is 2. The Morgan fingerprint density at radius 1 is 1.37 bits per heavy atom. The third-order valence-electron chi connectivity index (χ3n) is 3.03. The van der Waals surface area contributed by atoms with E-state index in [-0.39, 0.29) is 18.2 Å². The Morgan fingerprint density at radius 3 is 2.37 bits per heavy atom. The molecule has 0 bridgehead atoms. The molecular formula is C13H24N2O4. The van der Waals surface area contributed by atoms with Crippen molar-refractivity contribution >= 4 is 12.0 Å². The number of carbonyl (C=O) groups excluding carboxylic acids is 1. The van der Waals surface area contributed by atoms with Crippen molar-refractivity contribution in [3.8, 4) is 0 Å². The van der Waals surface area contributed by atoms with Gasteiger partial charge in [-0.15, -0.1) is 0 Å². The molecule has 19 heavy (non-hydrogen) atoms. The van der Waals surface area contributed by atoms with Gasteiger partial charge in [0.1, 0.15) is 6.54 Å². The average molecular weight is 272 g/mol. The first-order valence-corrected chi connectivity index (χ1v) is 6.45. The van der Waals surface area contributed by atoms with Crippen LogP contribution in [-0.4, -0.2) is 64.3 Å². The highest BCUT2D eigenvalue weighted by Crippen LogP contribution is 2.21. The summed E-state index contributed by atoms with van der Waals surface area (Å²) in [7, 11) is 0. The lowest BCUT2D eigenvalue weighted by molar-refractivity contribution is -0.139. The Morgan fingerprint density at radius 2 is 1.95 bits per heavy atom. The number of aliphatic carboxylic acids is 1. The molecule has 0 unspecified atom stereocenters. The van der Waals surface area contributed by atoms with E-state index in [0.29, 0.717) is 19.7 Å². The summed E-state index contributed by atoms with van der Waals surface area (Å²) in [5.41, 5.74) is -0.918. The quantitative estimate of drug-likeness (QED) is 0.825. The molecule has 0 aromatic carbocycles. The van der Waals surface area contributed by atoms with Crippen LogP contribution in [0.2, 0.25) is 0 Å². The summed E-state index contributed by atoms with van der Waals surface area (Å²) < 4.78 is 5.56. The van der Waals surface area contributed by atoms with Gasteiger partial charge >= 0.3 is 12.0 Å². The molecule has 0 aromatic heterocycles. The zero-order valence-corrected chi connectivity index (χ0v) is 12.4. The average Bonchev–Trinajstić information content (AvgIpc) is 2.21. The molecule has 0 aliphatic carbocycles. The van der Waals surface area contributed by atoms with Crippen molar-refractivity contribution in [3.05, 3.63) is 0 Å². The molecule has 1 fully saturated rings. The third kappa shape index (κ3) is 4.38. The molecule has 6 heteroatoms. The normalized spacial score (nSPS) is 19.1. The molecule has 1 N–H and O–H groups in total. The Labute approximate surface area is 114 Å². The Hall–Kier alpha value is -1.30. The number of morpholine rings is 1. The van der Waals surface area contributed by atoms with Gasteiger partial charge in [-0.05, 0) is 34.6 Å². The highest BCUT2D eigenvalue weighted by molar-refractivity contribution is 5.81. The van der Waals surface area contributed by atoms with Crippen LogP contribution >= 0.6 is 0 Å². The lowest BCUT2D eigenvalue weighted by Crippen LogP contribution is -2.58. The van der Waals surface area contributed by atoms with Crippen molar-refractivity contribution in [1.29, 1.82) is 0 Å². The number of urea groups is 1. The maximum Gasteiger partial charge on any atom is 0.323 e. The molecule has 0 radical (unpaired) electrons. The van der Waals surface area contributed by atoms with E-state index in [2.05, 4.69) is 0 Å². The molecule has 1 saturated heterocycles. The second-order valence-electron chi connectivity index (χ2n) is 6.46. The second-order valence-corrected chi connectivity index (χ2v) is 6.46. The summed E-state index contributed by atoms with van der Waals surface area (Å²) >= 11 is 0. The molecule has 0 saturated carbocycles. The van der Waals surface area contributed by atoms with Gasteiger partial charge in [0.2, 0.25) is 0 Å². The standard InChI is InChI=1S/C13H24N2O4/c1-12(2,3)15(8-10(16)17)11(18)14-6-7-19-13(4,5)9-14/h6-9H2,1-5H3,(H,16,17). The Bertz CT molecular complexity index is 360. The minimum Gasteiger partial charge on any atom is -0.480 e. The Kier molecular flexibility index (Phi) is 4.45. The summed E-state index contributed by atoms with van der Waals surface area (Å²) in [4.78, 5) is 26.5. The molecular weight excluding hydrogens is 248 g/mol. The van der Waals surface area contributed by atoms with E-state index in [0.717, 1.165) is 0 Å². The monoisotopic (exact) mass is 272 g/mol. The largest absolute Gasteiger partial charge is 0.480 e. The fraction of sp³-hybridized carbons (Fsp3) is 0.846. The molecule has 6 nitrogen and oxygen atoms in total. The predicted octanol–water partition coefficient (Wildman–Crippen LogP) is 1.40. The van der Waals surface area contributed by atoms with E-state index < -0.39 is 11.5 Å². The number of amides is 2. The highest BCUT2D eigenvalue weighted by Gasteiger charge is 2.36. The van der Waals surface area contributed by atoms with Crippen LogP contribution in [0.15, 0.2) is 0 Å². The van der Waals surface area contributed by atoms with Crippen molar-refractivity contribution in [2.75, 3.05) is 26.2 Å². The van der Waals surface area contributed by atoms with Crippen molar-refractivity contribution < 1.29 is 19.4 Å². The number of carbonyl (C=O) groups is 2.